The van der Waals surface area contributed by atoms with Crippen LogP contribution >= 0.6 is 0 Å². The Morgan fingerprint density at radius 1 is 0.857 bits per heavy atom. The Kier molecular flexibility index (Phi) is 5.88. The van der Waals surface area contributed by atoms with Crippen LogP contribution in [-0.4, -0.2) is 66.5 Å². The van der Waals surface area contributed by atoms with Gasteiger partial charge in [0.25, 0.3) is 0 Å². The van der Waals surface area contributed by atoms with E-state index in [1.165, 1.54) is 17.7 Å². The lowest BCUT2D eigenvalue weighted by molar-refractivity contribution is 0.223. The molecule has 1 saturated heterocycles. The van der Waals surface area contributed by atoms with Crippen molar-refractivity contribution in [2.45, 2.75) is 13.0 Å². The Morgan fingerprint density at radius 3 is 2.32 bits per heavy atom. The molecule has 5 nitrogen and oxygen atoms in total. The van der Waals surface area contributed by atoms with Gasteiger partial charge in [-0.3, -0.25) is 9.80 Å². The molecule has 0 saturated carbocycles. The summed E-state index contributed by atoms with van der Waals surface area (Å²) in [5.41, 5.74) is 4.16. The summed E-state index contributed by atoms with van der Waals surface area (Å²) in [7, 11) is 0. The van der Waals surface area contributed by atoms with Crippen molar-refractivity contribution >= 4 is 11.4 Å². The molecule has 0 aliphatic carbocycles. The highest BCUT2D eigenvalue weighted by Crippen LogP contribution is 2.20. The SMILES string of the molecule is O/N=C1/CN(CCCN2CCN(c3ccc(F)cc3)CC2)Cc2ccccc21. The predicted octanol–water partition coefficient (Wildman–Crippen LogP) is 3.03. The molecule has 0 radical (unpaired) electrons. The van der Waals surface area contributed by atoms with Gasteiger partial charge in [-0.25, -0.2) is 4.39 Å². The molecule has 1 fully saturated rings. The lowest BCUT2D eigenvalue weighted by Gasteiger charge is -2.36. The molecule has 2 heterocycles. The van der Waals surface area contributed by atoms with E-state index in [2.05, 4.69) is 25.9 Å². The van der Waals surface area contributed by atoms with Crippen molar-refractivity contribution in [3.63, 3.8) is 0 Å². The van der Waals surface area contributed by atoms with Crippen LogP contribution in [0.2, 0.25) is 0 Å². The summed E-state index contributed by atoms with van der Waals surface area (Å²) in [6.07, 6.45) is 1.09. The highest BCUT2D eigenvalue weighted by Gasteiger charge is 2.22. The molecule has 0 bridgehead atoms. The van der Waals surface area contributed by atoms with Gasteiger partial charge < -0.3 is 10.1 Å². The molecule has 6 heteroatoms. The first kappa shape index (κ1) is 18.9. The van der Waals surface area contributed by atoms with Gasteiger partial charge in [0, 0.05) is 57.1 Å². The number of fused-ring (bicyclic) bond motifs is 1. The van der Waals surface area contributed by atoms with Gasteiger partial charge in [-0.15, -0.1) is 0 Å². The van der Waals surface area contributed by atoms with Crippen LogP contribution in [0.4, 0.5) is 10.1 Å². The summed E-state index contributed by atoms with van der Waals surface area (Å²) in [6.45, 7) is 7.69. The molecule has 0 aromatic heterocycles. The minimum Gasteiger partial charge on any atom is -0.411 e. The summed E-state index contributed by atoms with van der Waals surface area (Å²) < 4.78 is 13.1. The van der Waals surface area contributed by atoms with E-state index in [0.29, 0.717) is 6.54 Å². The molecule has 0 unspecified atom stereocenters. The van der Waals surface area contributed by atoms with E-state index in [9.17, 15) is 9.60 Å². The molecule has 2 aliphatic rings. The van der Waals surface area contributed by atoms with Gasteiger partial charge in [0.05, 0.1) is 0 Å². The maximum absolute atomic E-state index is 13.1. The lowest BCUT2D eigenvalue weighted by Crippen LogP contribution is -2.47. The summed E-state index contributed by atoms with van der Waals surface area (Å²) in [5, 5.41) is 12.9. The summed E-state index contributed by atoms with van der Waals surface area (Å²) in [5.74, 6) is -0.183. The summed E-state index contributed by atoms with van der Waals surface area (Å²) in [4.78, 5) is 7.17. The molecule has 0 spiro atoms. The lowest BCUT2D eigenvalue weighted by atomic mass is 9.98. The molecule has 1 N–H and O–H groups in total. The molecule has 0 atom stereocenters. The van der Waals surface area contributed by atoms with Crippen LogP contribution in [0, 0.1) is 5.82 Å². The van der Waals surface area contributed by atoms with E-state index in [0.717, 1.165) is 69.2 Å². The quantitative estimate of drug-likeness (QED) is 0.638. The smallest absolute Gasteiger partial charge is 0.123 e. The fourth-order valence-corrected chi connectivity index (χ4v) is 4.18. The van der Waals surface area contributed by atoms with Crippen LogP contribution in [0.25, 0.3) is 0 Å². The Hall–Kier alpha value is -2.44. The number of hydrogen-bond acceptors (Lipinski definition) is 5. The van der Waals surface area contributed by atoms with Crippen molar-refractivity contribution in [2.24, 2.45) is 5.16 Å². The second-order valence-corrected chi connectivity index (χ2v) is 7.57. The van der Waals surface area contributed by atoms with Crippen molar-refractivity contribution in [3.8, 4) is 0 Å². The van der Waals surface area contributed by atoms with E-state index >= 15 is 0 Å². The second kappa shape index (κ2) is 8.71. The highest BCUT2D eigenvalue weighted by atomic mass is 19.1. The largest absolute Gasteiger partial charge is 0.411 e. The number of oxime groups is 1. The number of halogens is 1. The van der Waals surface area contributed by atoms with Crippen molar-refractivity contribution in [1.29, 1.82) is 0 Å². The topological polar surface area (TPSA) is 42.3 Å². The first-order chi connectivity index (χ1) is 13.7. The number of rotatable bonds is 5. The minimum absolute atomic E-state index is 0.183. The molecule has 148 valence electrons. The fourth-order valence-electron chi connectivity index (χ4n) is 4.18. The highest BCUT2D eigenvalue weighted by molar-refractivity contribution is 6.03. The van der Waals surface area contributed by atoms with Crippen LogP contribution in [0.3, 0.4) is 0 Å². The minimum atomic E-state index is -0.183. The second-order valence-electron chi connectivity index (χ2n) is 7.57. The van der Waals surface area contributed by atoms with Gasteiger partial charge >= 0.3 is 0 Å². The average molecular weight is 382 g/mol. The van der Waals surface area contributed by atoms with E-state index in [1.54, 1.807) is 0 Å². The Bertz CT molecular complexity index is 816. The number of nitrogens with zero attached hydrogens (tertiary/aromatic N) is 4. The molecular formula is C22H27FN4O. The van der Waals surface area contributed by atoms with Crippen LogP contribution in [-0.2, 0) is 6.54 Å². The zero-order valence-corrected chi connectivity index (χ0v) is 16.1. The molecule has 2 aromatic rings. The number of benzene rings is 2. The van der Waals surface area contributed by atoms with Crippen LogP contribution in [0.15, 0.2) is 53.7 Å². The number of piperazine rings is 1. The fraction of sp³-hybridized carbons (Fsp3) is 0.409. The number of anilines is 1. The van der Waals surface area contributed by atoms with Gasteiger partial charge in [-0.1, -0.05) is 29.4 Å². The maximum atomic E-state index is 13.1. The zero-order valence-electron chi connectivity index (χ0n) is 16.1. The third kappa shape index (κ3) is 4.34. The van der Waals surface area contributed by atoms with Crippen LogP contribution in [0.1, 0.15) is 17.5 Å². The van der Waals surface area contributed by atoms with E-state index < -0.39 is 0 Å². The zero-order chi connectivity index (χ0) is 19.3. The van der Waals surface area contributed by atoms with E-state index in [4.69, 9.17) is 0 Å². The normalized spacial score (nSPS) is 19.8. The predicted molar refractivity (Wildman–Crippen MR) is 110 cm³/mol. The monoisotopic (exact) mass is 382 g/mol. The summed E-state index contributed by atoms with van der Waals surface area (Å²) in [6, 6.07) is 15.0. The van der Waals surface area contributed by atoms with Crippen molar-refractivity contribution in [2.75, 3.05) is 50.7 Å². The number of hydrogen-bond donors (Lipinski definition) is 1. The first-order valence-corrected chi connectivity index (χ1v) is 9.97. The van der Waals surface area contributed by atoms with Gasteiger partial charge in [0.1, 0.15) is 11.5 Å². The molecule has 2 aromatic carbocycles. The molecule has 28 heavy (non-hydrogen) atoms. The van der Waals surface area contributed by atoms with Crippen molar-refractivity contribution < 1.29 is 9.60 Å². The molecule has 4 rings (SSSR count). The first-order valence-electron chi connectivity index (χ1n) is 9.97. The van der Waals surface area contributed by atoms with Crippen LogP contribution < -0.4 is 4.90 Å². The Labute approximate surface area is 165 Å². The van der Waals surface area contributed by atoms with Gasteiger partial charge in [0.15, 0.2) is 0 Å². The van der Waals surface area contributed by atoms with Gasteiger partial charge in [-0.05, 0) is 42.8 Å². The van der Waals surface area contributed by atoms with Gasteiger partial charge in [-0.2, -0.15) is 0 Å². The third-order valence-electron chi connectivity index (χ3n) is 5.73. The van der Waals surface area contributed by atoms with Crippen LogP contribution in [0.5, 0.6) is 0 Å². The average Bonchev–Trinajstić information content (AvgIpc) is 2.74. The standard InChI is InChI=1S/C22H27FN4O/c23-19-6-8-20(9-7-19)27-14-12-25(13-15-27)10-3-11-26-16-18-4-1-2-5-21(18)22(17-26)24-28/h1-2,4-9,28H,3,10-17H2/b24-22-. The van der Waals surface area contributed by atoms with E-state index in [-0.39, 0.29) is 5.82 Å². The molecule has 2 aliphatic heterocycles. The van der Waals surface area contributed by atoms with Crippen molar-refractivity contribution in [3.05, 3.63) is 65.5 Å². The van der Waals surface area contributed by atoms with E-state index in [1.807, 2.05) is 30.3 Å². The Morgan fingerprint density at radius 2 is 1.57 bits per heavy atom. The molecule has 0 amide bonds. The third-order valence-corrected chi connectivity index (χ3v) is 5.73. The molecular weight excluding hydrogens is 355 g/mol. The summed E-state index contributed by atoms with van der Waals surface area (Å²) >= 11 is 0. The maximum Gasteiger partial charge on any atom is 0.123 e. The van der Waals surface area contributed by atoms with Gasteiger partial charge in [0.2, 0.25) is 0 Å². The van der Waals surface area contributed by atoms with Crippen molar-refractivity contribution in [1.82, 2.24) is 9.80 Å². The Balaban J connectivity index is 1.23.